The summed E-state index contributed by atoms with van der Waals surface area (Å²) in [6.07, 6.45) is -2.05. The molecule has 0 radical (unpaired) electrons. The maximum atomic E-state index is 9.83. The summed E-state index contributed by atoms with van der Waals surface area (Å²) in [5.41, 5.74) is 0. The second kappa shape index (κ2) is 4.62. The molecule has 4 heteroatoms. The van der Waals surface area contributed by atoms with Crippen LogP contribution >= 0.6 is 11.3 Å². The van der Waals surface area contributed by atoms with E-state index in [4.69, 9.17) is 5.26 Å². The Morgan fingerprint density at radius 1 is 1.31 bits per heavy atom. The molecular weight excluding hydrogens is 222 g/mol. The zero-order chi connectivity index (χ0) is 11.5. The van der Waals surface area contributed by atoms with E-state index >= 15 is 0 Å². The molecule has 0 aliphatic rings. The molecule has 1 heterocycles. The predicted molar refractivity (Wildman–Crippen MR) is 63.0 cm³/mol. The highest BCUT2D eigenvalue weighted by Crippen LogP contribution is 2.31. The third-order valence-corrected chi connectivity index (χ3v) is 3.59. The van der Waals surface area contributed by atoms with Gasteiger partial charge in [0.1, 0.15) is 6.10 Å². The smallest absolute Gasteiger partial charge is 0.115 e. The highest BCUT2D eigenvalue weighted by molar-refractivity contribution is 7.19. The molecule has 0 aliphatic heterocycles. The van der Waals surface area contributed by atoms with Crippen LogP contribution in [0.5, 0.6) is 0 Å². The van der Waals surface area contributed by atoms with Crippen LogP contribution in [0.2, 0.25) is 0 Å². The number of rotatable bonds is 3. The average Bonchev–Trinajstić information content (AvgIpc) is 2.71. The fraction of sp³-hybridized carbons (Fsp3) is 0.250. The van der Waals surface area contributed by atoms with E-state index in [1.165, 1.54) is 11.3 Å². The maximum absolute atomic E-state index is 9.83. The quantitative estimate of drug-likeness (QED) is 0.854. The molecule has 1 aromatic heterocycles. The van der Waals surface area contributed by atoms with Crippen LogP contribution in [0.4, 0.5) is 0 Å². The van der Waals surface area contributed by atoms with Gasteiger partial charge < -0.3 is 10.2 Å². The monoisotopic (exact) mass is 233 g/mol. The number of aliphatic hydroxyl groups is 2. The molecule has 2 aromatic rings. The van der Waals surface area contributed by atoms with Gasteiger partial charge in [0.05, 0.1) is 18.6 Å². The molecule has 0 saturated heterocycles. The van der Waals surface area contributed by atoms with Crippen molar-refractivity contribution in [3.05, 3.63) is 35.2 Å². The minimum Gasteiger partial charge on any atom is -0.389 e. The van der Waals surface area contributed by atoms with Gasteiger partial charge in [-0.3, -0.25) is 0 Å². The number of hydrogen-bond donors (Lipinski definition) is 2. The standard InChI is InChI=1S/C12H11NO2S/c13-6-5-9(14)12(15)11-7-8-3-1-2-4-10(8)16-11/h1-4,7,9,12,14-15H,5H2. The zero-order valence-corrected chi connectivity index (χ0v) is 9.31. The number of hydrogen-bond acceptors (Lipinski definition) is 4. The van der Waals surface area contributed by atoms with Crippen molar-refractivity contribution in [3.8, 4) is 6.07 Å². The Kier molecular flexibility index (Phi) is 3.20. The summed E-state index contributed by atoms with van der Waals surface area (Å²) in [5.74, 6) is 0. The Morgan fingerprint density at radius 3 is 2.75 bits per heavy atom. The van der Waals surface area contributed by atoms with Crippen LogP contribution < -0.4 is 0 Å². The lowest BCUT2D eigenvalue weighted by Gasteiger charge is -2.12. The molecular formula is C12H11NO2S. The molecule has 0 spiro atoms. The first kappa shape index (κ1) is 11.1. The largest absolute Gasteiger partial charge is 0.389 e. The highest BCUT2D eigenvalue weighted by Gasteiger charge is 2.19. The summed E-state index contributed by atoms with van der Waals surface area (Å²) in [6.45, 7) is 0. The van der Waals surface area contributed by atoms with Gasteiger partial charge in [-0.15, -0.1) is 11.3 Å². The number of thiophene rings is 1. The molecule has 0 fully saturated rings. The summed E-state index contributed by atoms with van der Waals surface area (Å²) in [5, 5.41) is 28.9. The molecule has 1 aromatic carbocycles. The van der Waals surface area contributed by atoms with Crippen molar-refractivity contribution in [3.63, 3.8) is 0 Å². The summed E-state index contributed by atoms with van der Waals surface area (Å²) in [7, 11) is 0. The van der Waals surface area contributed by atoms with Crippen LogP contribution in [-0.2, 0) is 0 Å². The van der Waals surface area contributed by atoms with Crippen molar-refractivity contribution in [2.75, 3.05) is 0 Å². The van der Waals surface area contributed by atoms with E-state index in [0.717, 1.165) is 10.1 Å². The van der Waals surface area contributed by atoms with Crippen molar-refractivity contribution in [2.45, 2.75) is 18.6 Å². The zero-order valence-electron chi connectivity index (χ0n) is 8.50. The molecule has 2 N–H and O–H groups in total. The van der Waals surface area contributed by atoms with E-state index in [1.807, 2.05) is 36.4 Å². The third-order valence-electron chi connectivity index (χ3n) is 2.40. The molecule has 0 aliphatic carbocycles. The number of nitriles is 1. The number of nitrogens with zero attached hydrogens (tertiary/aromatic N) is 1. The van der Waals surface area contributed by atoms with Crippen LogP contribution in [0, 0.1) is 11.3 Å². The number of fused-ring (bicyclic) bond motifs is 1. The summed E-state index contributed by atoms with van der Waals surface area (Å²) < 4.78 is 1.07. The molecule has 2 rings (SSSR count). The molecule has 16 heavy (non-hydrogen) atoms. The first-order valence-corrected chi connectivity index (χ1v) is 5.75. The van der Waals surface area contributed by atoms with Gasteiger partial charge in [0.15, 0.2) is 0 Å². The molecule has 0 bridgehead atoms. The van der Waals surface area contributed by atoms with Crippen molar-refractivity contribution >= 4 is 21.4 Å². The predicted octanol–water partition coefficient (Wildman–Crippen LogP) is 2.21. The first-order valence-electron chi connectivity index (χ1n) is 4.94. The molecule has 2 atom stereocenters. The van der Waals surface area contributed by atoms with Gasteiger partial charge >= 0.3 is 0 Å². The Labute approximate surface area is 97.2 Å². The fourth-order valence-electron chi connectivity index (χ4n) is 1.54. The third kappa shape index (κ3) is 2.07. The topological polar surface area (TPSA) is 64.2 Å². The Balaban J connectivity index is 2.30. The summed E-state index contributed by atoms with van der Waals surface area (Å²) in [4.78, 5) is 0.698. The number of benzene rings is 1. The summed E-state index contributed by atoms with van der Waals surface area (Å²) in [6, 6.07) is 11.5. The van der Waals surface area contributed by atoms with E-state index in [9.17, 15) is 10.2 Å². The van der Waals surface area contributed by atoms with Crippen LogP contribution in [0.3, 0.4) is 0 Å². The Morgan fingerprint density at radius 2 is 2.06 bits per heavy atom. The molecule has 82 valence electrons. The molecule has 2 unspecified atom stereocenters. The van der Waals surface area contributed by atoms with Gasteiger partial charge in [-0.1, -0.05) is 18.2 Å². The van der Waals surface area contributed by atoms with Crippen LogP contribution in [0.1, 0.15) is 17.4 Å². The van der Waals surface area contributed by atoms with Gasteiger partial charge in [0.25, 0.3) is 0 Å². The average molecular weight is 233 g/mol. The van der Waals surface area contributed by atoms with E-state index in [0.29, 0.717) is 4.88 Å². The van der Waals surface area contributed by atoms with Crippen LogP contribution in [0.25, 0.3) is 10.1 Å². The summed E-state index contributed by atoms with van der Waals surface area (Å²) >= 11 is 1.44. The minimum atomic E-state index is -1.02. The molecule has 0 saturated carbocycles. The van der Waals surface area contributed by atoms with Crippen molar-refractivity contribution in [2.24, 2.45) is 0 Å². The molecule has 0 amide bonds. The maximum Gasteiger partial charge on any atom is 0.115 e. The number of aliphatic hydroxyl groups excluding tert-OH is 2. The van der Waals surface area contributed by atoms with E-state index in [2.05, 4.69) is 0 Å². The SMILES string of the molecule is N#CCC(O)C(O)c1cc2ccccc2s1. The van der Waals surface area contributed by atoms with Gasteiger partial charge in [-0.25, -0.2) is 0 Å². The minimum absolute atomic E-state index is 0.0601. The van der Waals surface area contributed by atoms with E-state index < -0.39 is 12.2 Å². The van der Waals surface area contributed by atoms with Crippen molar-refractivity contribution in [1.29, 1.82) is 5.26 Å². The van der Waals surface area contributed by atoms with Crippen molar-refractivity contribution < 1.29 is 10.2 Å². The second-order valence-corrected chi connectivity index (χ2v) is 4.68. The second-order valence-electron chi connectivity index (χ2n) is 3.56. The highest BCUT2D eigenvalue weighted by atomic mass is 32.1. The van der Waals surface area contributed by atoms with Gasteiger partial charge in [0.2, 0.25) is 0 Å². The van der Waals surface area contributed by atoms with E-state index in [-0.39, 0.29) is 6.42 Å². The van der Waals surface area contributed by atoms with E-state index in [1.54, 1.807) is 0 Å². The lowest BCUT2D eigenvalue weighted by Crippen LogP contribution is -2.16. The first-order chi connectivity index (χ1) is 7.72. The van der Waals surface area contributed by atoms with Gasteiger partial charge in [-0.05, 0) is 17.5 Å². The normalized spacial score (nSPS) is 14.6. The Hall–Kier alpha value is -1.41. The van der Waals surface area contributed by atoms with Crippen LogP contribution in [0.15, 0.2) is 30.3 Å². The van der Waals surface area contributed by atoms with Crippen molar-refractivity contribution in [1.82, 2.24) is 0 Å². The van der Waals surface area contributed by atoms with Gasteiger partial charge in [-0.2, -0.15) is 5.26 Å². The van der Waals surface area contributed by atoms with Crippen LogP contribution in [-0.4, -0.2) is 16.3 Å². The lowest BCUT2D eigenvalue weighted by molar-refractivity contribution is 0.0239. The molecule has 3 nitrogen and oxygen atoms in total. The van der Waals surface area contributed by atoms with Gasteiger partial charge in [0, 0.05) is 9.58 Å². The lowest BCUT2D eigenvalue weighted by atomic mass is 10.1. The Bertz CT molecular complexity index is 496. The fourth-order valence-corrected chi connectivity index (χ4v) is 2.65.